The quantitative estimate of drug-likeness (QED) is 0.765. The zero-order valence-electron chi connectivity index (χ0n) is 12.4. The van der Waals surface area contributed by atoms with Gasteiger partial charge in [0, 0.05) is 29.9 Å². The number of hydrogen-bond acceptors (Lipinski definition) is 4. The number of anilines is 2. The van der Waals surface area contributed by atoms with Crippen molar-refractivity contribution in [2.24, 2.45) is 0 Å². The molecule has 0 aliphatic heterocycles. The van der Waals surface area contributed by atoms with E-state index in [4.69, 9.17) is 23.2 Å². The van der Waals surface area contributed by atoms with E-state index in [-0.39, 0.29) is 5.56 Å². The average Bonchev–Trinajstić information content (AvgIpc) is 2.54. The zero-order valence-corrected chi connectivity index (χ0v) is 13.9. The molecule has 7 heteroatoms. The number of benzene rings is 1. The summed E-state index contributed by atoms with van der Waals surface area (Å²) in [4.78, 5) is 20.8. The molecule has 0 atom stereocenters. The molecule has 0 amide bonds. The molecule has 0 aliphatic carbocycles. The number of fused-ring (bicyclic) bond motifs is 1. The largest absolute Gasteiger partial charge is 0.324 e. The molecule has 0 saturated heterocycles. The van der Waals surface area contributed by atoms with Gasteiger partial charge in [0.1, 0.15) is 5.65 Å². The summed E-state index contributed by atoms with van der Waals surface area (Å²) in [5.74, 6) is 0.395. The number of aromatic nitrogens is 3. The minimum absolute atomic E-state index is 0.0708. The second-order valence-electron chi connectivity index (χ2n) is 5.05. The molecule has 3 rings (SSSR count). The Labute approximate surface area is 142 Å². The first kappa shape index (κ1) is 15.8. The number of nitrogens with one attached hydrogen (secondary N) is 1. The van der Waals surface area contributed by atoms with Crippen LogP contribution in [0, 0.1) is 0 Å². The highest BCUT2D eigenvalue weighted by atomic mass is 35.5. The van der Waals surface area contributed by atoms with Crippen molar-refractivity contribution in [3.63, 3.8) is 0 Å². The summed E-state index contributed by atoms with van der Waals surface area (Å²) < 4.78 is 1.65. The molecule has 0 aliphatic rings. The molecular weight excluding hydrogens is 335 g/mol. The molecule has 0 bridgehead atoms. The van der Waals surface area contributed by atoms with Crippen LogP contribution >= 0.6 is 23.2 Å². The molecule has 0 saturated carbocycles. The highest BCUT2D eigenvalue weighted by Crippen LogP contribution is 2.26. The lowest BCUT2D eigenvalue weighted by Crippen LogP contribution is -2.20. The molecular formula is C16H14Cl2N4O. The Hall–Kier alpha value is -2.11. The van der Waals surface area contributed by atoms with Gasteiger partial charge in [-0.2, -0.15) is 4.98 Å². The van der Waals surface area contributed by atoms with E-state index in [1.54, 1.807) is 35.0 Å². The molecule has 23 heavy (non-hydrogen) atoms. The summed E-state index contributed by atoms with van der Waals surface area (Å²) in [6.45, 7) is 2.63. The van der Waals surface area contributed by atoms with Gasteiger partial charge in [-0.3, -0.25) is 9.36 Å². The number of pyridine rings is 1. The molecule has 3 aromatic rings. The number of halogens is 2. The topological polar surface area (TPSA) is 59.8 Å². The molecule has 0 radical (unpaired) electrons. The van der Waals surface area contributed by atoms with Crippen molar-refractivity contribution >= 4 is 45.9 Å². The van der Waals surface area contributed by atoms with Crippen LogP contribution in [0.1, 0.15) is 13.3 Å². The van der Waals surface area contributed by atoms with Crippen molar-refractivity contribution in [2.45, 2.75) is 19.9 Å². The second kappa shape index (κ2) is 6.56. The fraction of sp³-hybridized carbons (Fsp3) is 0.188. The third kappa shape index (κ3) is 3.30. The Balaban J connectivity index is 2.03. The minimum Gasteiger partial charge on any atom is -0.324 e. The van der Waals surface area contributed by atoms with Gasteiger partial charge < -0.3 is 5.32 Å². The Morgan fingerprint density at radius 1 is 1.17 bits per heavy atom. The van der Waals surface area contributed by atoms with Crippen LogP contribution in [-0.2, 0) is 6.54 Å². The smallest absolute Gasteiger partial charge is 0.252 e. The number of hydrogen-bond donors (Lipinski definition) is 1. The maximum Gasteiger partial charge on any atom is 0.252 e. The fourth-order valence-electron chi connectivity index (χ4n) is 2.27. The number of nitrogens with zero attached hydrogens (tertiary/aromatic N) is 3. The van der Waals surface area contributed by atoms with Gasteiger partial charge in [0.25, 0.3) is 5.56 Å². The second-order valence-corrected chi connectivity index (χ2v) is 5.86. The average molecular weight is 349 g/mol. The Morgan fingerprint density at radius 3 is 2.74 bits per heavy atom. The first-order valence-electron chi connectivity index (χ1n) is 7.17. The Morgan fingerprint density at radius 2 is 2.00 bits per heavy atom. The van der Waals surface area contributed by atoms with E-state index in [1.165, 1.54) is 6.07 Å². The summed E-state index contributed by atoms with van der Waals surface area (Å²) in [6.07, 6.45) is 2.53. The van der Waals surface area contributed by atoms with E-state index in [1.807, 2.05) is 6.92 Å². The fourth-order valence-corrected chi connectivity index (χ4v) is 2.57. The van der Waals surface area contributed by atoms with Crippen LogP contribution in [0.2, 0.25) is 10.0 Å². The van der Waals surface area contributed by atoms with E-state index >= 15 is 0 Å². The molecule has 0 unspecified atom stereocenters. The van der Waals surface area contributed by atoms with Crippen LogP contribution in [0.3, 0.4) is 0 Å². The normalized spacial score (nSPS) is 10.9. The van der Waals surface area contributed by atoms with Crippen molar-refractivity contribution in [1.82, 2.24) is 14.5 Å². The van der Waals surface area contributed by atoms with E-state index in [2.05, 4.69) is 15.3 Å². The molecule has 0 spiro atoms. The van der Waals surface area contributed by atoms with Crippen molar-refractivity contribution < 1.29 is 0 Å². The summed E-state index contributed by atoms with van der Waals surface area (Å²) in [7, 11) is 0. The lowest BCUT2D eigenvalue weighted by molar-refractivity contribution is 0.671. The third-order valence-electron chi connectivity index (χ3n) is 3.35. The van der Waals surface area contributed by atoms with Crippen molar-refractivity contribution in [2.75, 3.05) is 5.32 Å². The van der Waals surface area contributed by atoms with E-state index < -0.39 is 0 Å². The maximum absolute atomic E-state index is 12.0. The summed E-state index contributed by atoms with van der Waals surface area (Å²) in [5, 5.41) is 4.81. The van der Waals surface area contributed by atoms with Gasteiger partial charge in [0.2, 0.25) is 5.95 Å². The lowest BCUT2D eigenvalue weighted by Gasteiger charge is -2.10. The van der Waals surface area contributed by atoms with Crippen molar-refractivity contribution in [3.8, 4) is 0 Å². The van der Waals surface area contributed by atoms with Crippen molar-refractivity contribution in [1.29, 1.82) is 0 Å². The van der Waals surface area contributed by atoms with Crippen LogP contribution in [0.5, 0.6) is 0 Å². The SMILES string of the molecule is CCCn1c(=O)ccc2cnc(Nc3ccc(Cl)c(Cl)c3)nc21. The van der Waals surface area contributed by atoms with E-state index in [9.17, 15) is 4.79 Å². The van der Waals surface area contributed by atoms with E-state index in [0.29, 0.717) is 28.2 Å². The molecule has 1 aromatic carbocycles. The first-order valence-corrected chi connectivity index (χ1v) is 7.92. The zero-order chi connectivity index (χ0) is 16.4. The highest BCUT2D eigenvalue weighted by molar-refractivity contribution is 6.42. The molecule has 2 heterocycles. The van der Waals surface area contributed by atoms with Crippen LogP contribution in [-0.4, -0.2) is 14.5 Å². The van der Waals surface area contributed by atoms with E-state index in [0.717, 1.165) is 17.5 Å². The first-order chi connectivity index (χ1) is 11.1. The van der Waals surface area contributed by atoms with Gasteiger partial charge in [-0.05, 0) is 30.7 Å². The standard InChI is InChI=1S/C16H14Cl2N4O/c1-2-7-22-14(23)6-3-10-9-19-16(21-15(10)22)20-11-4-5-12(17)13(18)8-11/h3-6,8-9H,2,7H2,1H3,(H,19,20,21). The number of rotatable bonds is 4. The summed E-state index contributed by atoms with van der Waals surface area (Å²) >= 11 is 11.9. The Kier molecular flexibility index (Phi) is 4.50. The maximum atomic E-state index is 12.0. The molecule has 118 valence electrons. The molecule has 0 fully saturated rings. The predicted octanol–water partition coefficient (Wildman–Crippen LogP) is 4.25. The third-order valence-corrected chi connectivity index (χ3v) is 4.09. The van der Waals surface area contributed by atoms with Crippen LogP contribution in [0.15, 0.2) is 41.3 Å². The molecule has 1 N–H and O–H groups in total. The molecule has 2 aromatic heterocycles. The van der Waals surface area contributed by atoms with Gasteiger partial charge in [0.15, 0.2) is 0 Å². The Bertz CT molecular complexity index is 924. The number of aryl methyl sites for hydroxylation is 1. The molecule has 5 nitrogen and oxygen atoms in total. The van der Waals surface area contributed by atoms with Gasteiger partial charge >= 0.3 is 0 Å². The van der Waals surface area contributed by atoms with Crippen molar-refractivity contribution in [3.05, 3.63) is 56.9 Å². The highest BCUT2D eigenvalue weighted by Gasteiger charge is 2.07. The summed E-state index contributed by atoms with van der Waals surface area (Å²) in [5.41, 5.74) is 1.26. The predicted molar refractivity (Wildman–Crippen MR) is 93.8 cm³/mol. The monoisotopic (exact) mass is 348 g/mol. The summed E-state index contributed by atoms with van der Waals surface area (Å²) in [6, 6.07) is 8.44. The van der Waals surface area contributed by atoms with Gasteiger partial charge in [-0.25, -0.2) is 4.98 Å². The van der Waals surface area contributed by atoms with Gasteiger partial charge in [0.05, 0.1) is 10.0 Å². The van der Waals surface area contributed by atoms with Crippen LogP contribution < -0.4 is 10.9 Å². The minimum atomic E-state index is -0.0708. The van der Waals surface area contributed by atoms with Gasteiger partial charge in [-0.15, -0.1) is 0 Å². The lowest BCUT2D eigenvalue weighted by atomic mass is 10.3. The van der Waals surface area contributed by atoms with Crippen LogP contribution in [0.25, 0.3) is 11.0 Å². The van der Waals surface area contributed by atoms with Crippen LogP contribution in [0.4, 0.5) is 11.6 Å². The van der Waals surface area contributed by atoms with Gasteiger partial charge in [-0.1, -0.05) is 30.1 Å².